The van der Waals surface area contributed by atoms with Crippen molar-refractivity contribution in [3.63, 3.8) is 0 Å². The molecule has 0 aliphatic carbocycles. The molecule has 0 atom stereocenters. The highest BCUT2D eigenvalue weighted by Gasteiger charge is 2.33. The van der Waals surface area contributed by atoms with Crippen molar-refractivity contribution in [3.8, 4) is 0 Å². The summed E-state index contributed by atoms with van der Waals surface area (Å²) < 4.78 is 41.6. The van der Waals surface area contributed by atoms with Gasteiger partial charge in [0.05, 0.1) is 10.6 Å². The van der Waals surface area contributed by atoms with E-state index in [1.54, 1.807) is 6.07 Å². The number of hydrogen-bond acceptors (Lipinski definition) is 3. The van der Waals surface area contributed by atoms with E-state index in [9.17, 15) is 13.2 Å². The molecule has 178 valence electrons. The zero-order valence-electron chi connectivity index (χ0n) is 17.7. The average Bonchev–Trinajstić information content (AvgIpc) is 2.94. The summed E-state index contributed by atoms with van der Waals surface area (Å²) in [5, 5.41) is 8.49. The lowest BCUT2D eigenvalue weighted by Crippen LogP contribution is -2.30. The van der Waals surface area contributed by atoms with Crippen molar-refractivity contribution in [3.05, 3.63) is 52.1 Å². The first-order chi connectivity index (χ1) is 14.4. The fourth-order valence-electron chi connectivity index (χ4n) is 4.31. The SMILES string of the molecule is Cl.Cl.FC(F)(F)c1cc(C2=CCN(CCCc3nnc4n3CCCCC4)CC2)ccc1Cl. The van der Waals surface area contributed by atoms with Crippen LogP contribution in [0.1, 0.15) is 54.9 Å². The number of benzene rings is 1. The molecule has 0 bridgehead atoms. The van der Waals surface area contributed by atoms with E-state index >= 15 is 0 Å². The lowest BCUT2D eigenvalue weighted by atomic mass is 9.97. The lowest BCUT2D eigenvalue weighted by molar-refractivity contribution is -0.137. The third-order valence-corrected chi connectivity index (χ3v) is 6.33. The number of alkyl halides is 3. The van der Waals surface area contributed by atoms with E-state index in [2.05, 4.69) is 19.7 Å². The van der Waals surface area contributed by atoms with Gasteiger partial charge in [0, 0.05) is 32.5 Å². The van der Waals surface area contributed by atoms with Crippen LogP contribution in [0.5, 0.6) is 0 Å². The Morgan fingerprint density at radius 1 is 1.00 bits per heavy atom. The first kappa shape index (κ1) is 27.0. The molecule has 2 aromatic rings. The van der Waals surface area contributed by atoms with E-state index < -0.39 is 11.7 Å². The Hall–Kier alpha value is -1.28. The molecule has 4 rings (SSSR count). The molecule has 0 saturated heterocycles. The van der Waals surface area contributed by atoms with Gasteiger partial charge in [-0.3, -0.25) is 4.90 Å². The van der Waals surface area contributed by atoms with Gasteiger partial charge in [-0.1, -0.05) is 30.2 Å². The summed E-state index contributed by atoms with van der Waals surface area (Å²) in [6.45, 7) is 3.56. The smallest absolute Gasteiger partial charge is 0.315 e. The molecule has 32 heavy (non-hydrogen) atoms. The van der Waals surface area contributed by atoms with Gasteiger partial charge in [-0.25, -0.2) is 0 Å². The molecule has 4 nitrogen and oxygen atoms in total. The summed E-state index contributed by atoms with van der Waals surface area (Å²) in [6, 6.07) is 4.19. The largest absolute Gasteiger partial charge is 0.417 e. The van der Waals surface area contributed by atoms with Gasteiger partial charge in [0.2, 0.25) is 0 Å². The molecule has 1 aromatic heterocycles. The maximum Gasteiger partial charge on any atom is 0.417 e. The van der Waals surface area contributed by atoms with E-state index in [1.807, 2.05) is 6.08 Å². The van der Waals surface area contributed by atoms with Gasteiger partial charge in [-0.2, -0.15) is 13.2 Å². The summed E-state index contributed by atoms with van der Waals surface area (Å²) in [5.74, 6) is 2.20. The maximum atomic E-state index is 13.1. The summed E-state index contributed by atoms with van der Waals surface area (Å²) in [5.41, 5.74) is 0.797. The molecule has 0 N–H and O–H groups in total. The normalized spacial score (nSPS) is 16.9. The van der Waals surface area contributed by atoms with Gasteiger partial charge in [-0.05, 0) is 55.5 Å². The van der Waals surface area contributed by atoms with Crippen LogP contribution in [0.4, 0.5) is 13.2 Å². The van der Waals surface area contributed by atoms with Gasteiger partial charge in [0.25, 0.3) is 0 Å². The molecule has 3 heterocycles. The molecule has 0 saturated carbocycles. The lowest BCUT2D eigenvalue weighted by Gasteiger charge is -2.26. The summed E-state index contributed by atoms with van der Waals surface area (Å²) in [7, 11) is 0. The predicted octanol–water partition coefficient (Wildman–Crippen LogP) is 6.24. The Morgan fingerprint density at radius 3 is 2.53 bits per heavy atom. The Kier molecular flexibility index (Phi) is 9.88. The topological polar surface area (TPSA) is 34.0 Å². The minimum Gasteiger partial charge on any atom is -0.315 e. The van der Waals surface area contributed by atoms with Crippen molar-refractivity contribution in [2.75, 3.05) is 19.6 Å². The van der Waals surface area contributed by atoms with Crippen molar-refractivity contribution < 1.29 is 13.2 Å². The number of halogens is 6. The van der Waals surface area contributed by atoms with Crippen LogP contribution < -0.4 is 0 Å². The van der Waals surface area contributed by atoms with Gasteiger partial charge in [0.1, 0.15) is 11.6 Å². The molecule has 1 aromatic carbocycles. The maximum absolute atomic E-state index is 13.1. The number of aromatic nitrogens is 3. The third-order valence-electron chi connectivity index (χ3n) is 6.00. The Morgan fingerprint density at radius 2 is 1.81 bits per heavy atom. The highest BCUT2D eigenvalue weighted by molar-refractivity contribution is 6.31. The molecular formula is C22H28Cl3F3N4. The van der Waals surface area contributed by atoms with E-state index in [-0.39, 0.29) is 29.8 Å². The Labute approximate surface area is 204 Å². The molecule has 10 heteroatoms. The van der Waals surface area contributed by atoms with Gasteiger partial charge in [0.15, 0.2) is 0 Å². The first-order valence-corrected chi connectivity index (χ1v) is 11.0. The number of hydrogen-bond donors (Lipinski definition) is 0. The Balaban J connectivity index is 0.00000181. The second-order valence-electron chi connectivity index (χ2n) is 8.07. The molecule has 0 unspecified atom stereocenters. The quantitative estimate of drug-likeness (QED) is 0.476. The van der Waals surface area contributed by atoms with Crippen LogP contribution in [0.2, 0.25) is 5.02 Å². The van der Waals surface area contributed by atoms with Crippen LogP contribution in [0.3, 0.4) is 0 Å². The van der Waals surface area contributed by atoms with E-state index in [1.165, 1.54) is 31.4 Å². The van der Waals surface area contributed by atoms with E-state index in [0.29, 0.717) is 5.56 Å². The van der Waals surface area contributed by atoms with Gasteiger partial charge in [-0.15, -0.1) is 35.0 Å². The predicted molar refractivity (Wildman–Crippen MR) is 126 cm³/mol. The molecule has 2 aliphatic rings. The standard InChI is InChI=1S/C22H26ClF3N4.2ClH/c23-19-8-7-17(15-18(19)22(24,25)26)16-9-13-29(14-10-16)11-4-6-21-28-27-20-5-2-1-3-12-30(20)21;;/h7-9,15H,1-6,10-14H2;2*1H. The highest BCUT2D eigenvalue weighted by atomic mass is 35.5. The third kappa shape index (κ3) is 6.40. The number of aryl methyl sites for hydroxylation is 2. The molecule has 0 radical (unpaired) electrons. The van der Waals surface area contributed by atoms with Gasteiger partial charge >= 0.3 is 6.18 Å². The zero-order chi connectivity index (χ0) is 21.1. The van der Waals surface area contributed by atoms with Crippen LogP contribution in [-0.2, 0) is 25.6 Å². The molecule has 0 fully saturated rings. The van der Waals surface area contributed by atoms with Crippen molar-refractivity contribution in [1.82, 2.24) is 19.7 Å². The summed E-state index contributed by atoms with van der Waals surface area (Å²) in [4.78, 5) is 2.34. The minimum absolute atomic E-state index is 0. The molecular weight excluding hydrogens is 484 g/mol. The highest BCUT2D eigenvalue weighted by Crippen LogP contribution is 2.37. The molecule has 0 amide bonds. The summed E-state index contributed by atoms with van der Waals surface area (Å²) >= 11 is 5.74. The average molecular weight is 512 g/mol. The van der Waals surface area contributed by atoms with Crippen molar-refractivity contribution in [2.24, 2.45) is 0 Å². The van der Waals surface area contributed by atoms with Crippen LogP contribution in [-0.4, -0.2) is 39.3 Å². The van der Waals surface area contributed by atoms with Crippen molar-refractivity contribution in [1.29, 1.82) is 0 Å². The first-order valence-electron chi connectivity index (χ1n) is 10.6. The van der Waals surface area contributed by atoms with Crippen molar-refractivity contribution in [2.45, 2.75) is 57.7 Å². The number of fused-ring (bicyclic) bond motifs is 1. The van der Waals surface area contributed by atoms with Crippen LogP contribution in [0, 0.1) is 0 Å². The number of nitrogens with zero attached hydrogens (tertiary/aromatic N) is 4. The molecule has 2 aliphatic heterocycles. The van der Waals surface area contributed by atoms with Crippen molar-refractivity contribution >= 4 is 42.0 Å². The fraction of sp³-hybridized carbons (Fsp3) is 0.545. The Bertz CT molecular complexity index is 928. The van der Waals surface area contributed by atoms with E-state index in [0.717, 1.165) is 69.1 Å². The van der Waals surface area contributed by atoms with E-state index in [4.69, 9.17) is 11.6 Å². The van der Waals surface area contributed by atoms with Crippen LogP contribution in [0.25, 0.3) is 5.57 Å². The summed E-state index contributed by atoms with van der Waals surface area (Å²) in [6.07, 6.45) is 4.91. The van der Waals surface area contributed by atoms with Crippen LogP contribution >= 0.6 is 36.4 Å². The van der Waals surface area contributed by atoms with Crippen LogP contribution in [0.15, 0.2) is 24.3 Å². The fourth-order valence-corrected chi connectivity index (χ4v) is 4.53. The molecule has 0 spiro atoms. The minimum atomic E-state index is -4.44. The zero-order valence-corrected chi connectivity index (χ0v) is 20.1. The van der Waals surface area contributed by atoms with Gasteiger partial charge < -0.3 is 4.57 Å². The monoisotopic (exact) mass is 510 g/mol. The second kappa shape index (κ2) is 11.7. The number of rotatable bonds is 5. The second-order valence-corrected chi connectivity index (χ2v) is 8.48.